The summed E-state index contributed by atoms with van der Waals surface area (Å²) in [5, 5.41) is 13.8. The van der Waals surface area contributed by atoms with Gasteiger partial charge in [-0.3, -0.25) is 9.36 Å². The molecule has 9 heteroatoms. The molecular weight excluding hydrogens is 804 g/mol. The standard InChI is InChI=1S/C54H107N2O6P/c1-6-8-10-12-14-16-18-20-21-22-23-24-25-26-27-28-29-30-31-32-33-34-36-37-39-41-43-45-47-53(57)52(51-62-63(59,60)61-50-49-56(3,4)5)55-54(58)48-46-44-42-40-38-35-19-17-15-13-11-9-7-2/h37,39,45,47,52-53,57H,6-36,38,40-44,46,48-51H2,1-5H3,(H-,55,58,59,60)/b39-37+,47-45+. The van der Waals surface area contributed by atoms with Crippen molar-refractivity contribution in [3.8, 4) is 0 Å². The summed E-state index contributed by atoms with van der Waals surface area (Å²) in [6.07, 6.45) is 56.9. The van der Waals surface area contributed by atoms with E-state index in [1.54, 1.807) is 6.08 Å². The molecule has 0 aromatic heterocycles. The summed E-state index contributed by atoms with van der Waals surface area (Å²) in [4.78, 5) is 25.4. The SMILES string of the molecule is CCCCCCCCCCCCCCCCCCCCCCCC/C=C/CC/C=C/C(O)C(COP(=O)([O-])OCC[N+](C)(C)C)NC(=O)CCCCCCCCCCCCCCC. The molecule has 0 spiro atoms. The van der Waals surface area contributed by atoms with Gasteiger partial charge in [-0.25, -0.2) is 0 Å². The van der Waals surface area contributed by atoms with Crippen LogP contribution in [0.4, 0.5) is 0 Å². The fourth-order valence-corrected chi connectivity index (χ4v) is 8.84. The monoisotopic (exact) mass is 911 g/mol. The Bertz CT molecular complexity index is 1080. The zero-order chi connectivity index (χ0) is 46.4. The van der Waals surface area contributed by atoms with Crippen molar-refractivity contribution in [2.75, 3.05) is 40.9 Å². The van der Waals surface area contributed by atoms with E-state index in [1.165, 1.54) is 205 Å². The average Bonchev–Trinajstić information content (AvgIpc) is 3.24. The maximum Gasteiger partial charge on any atom is 0.268 e. The van der Waals surface area contributed by atoms with Gasteiger partial charge >= 0.3 is 0 Å². The molecule has 0 saturated carbocycles. The first-order valence-corrected chi connectivity index (χ1v) is 28.7. The van der Waals surface area contributed by atoms with Crippen molar-refractivity contribution in [3.05, 3.63) is 24.3 Å². The molecule has 0 aliphatic carbocycles. The maximum atomic E-state index is 12.9. The molecule has 3 atom stereocenters. The van der Waals surface area contributed by atoms with Gasteiger partial charge in [0.15, 0.2) is 0 Å². The third kappa shape index (κ3) is 48.7. The van der Waals surface area contributed by atoms with E-state index in [4.69, 9.17) is 9.05 Å². The number of aliphatic hydroxyl groups is 1. The number of quaternary nitrogens is 1. The maximum absolute atomic E-state index is 12.9. The number of aliphatic hydroxyl groups excluding tert-OH is 1. The number of rotatable bonds is 50. The van der Waals surface area contributed by atoms with Gasteiger partial charge in [0.05, 0.1) is 39.9 Å². The van der Waals surface area contributed by atoms with Gasteiger partial charge in [-0.1, -0.05) is 250 Å². The van der Waals surface area contributed by atoms with E-state index in [-0.39, 0.29) is 19.1 Å². The summed E-state index contributed by atoms with van der Waals surface area (Å²) < 4.78 is 23.3. The van der Waals surface area contributed by atoms with Crippen LogP contribution >= 0.6 is 7.82 Å². The molecule has 8 nitrogen and oxygen atoms in total. The minimum Gasteiger partial charge on any atom is -0.756 e. The van der Waals surface area contributed by atoms with Crippen molar-refractivity contribution in [2.24, 2.45) is 0 Å². The van der Waals surface area contributed by atoms with Crippen molar-refractivity contribution in [2.45, 2.75) is 276 Å². The van der Waals surface area contributed by atoms with Gasteiger partial charge in [-0.2, -0.15) is 0 Å². The summed E-state index contributed by atoms with van der Waals surface area (Å²) in [7, 11) is 1.25. The van der Waals surface area contributed by atoms with E-state index >= 15 is 0 Å². The van der Waals surface area contributed by atoms with Gasteiger partial charge in [0.1, 0.15) is 13.2 Å². The molecule has 0 radical (unpaired) electrons. The van der Waals surface area contributed by atoms with Crippen LogP contribution in [0.3, 0.4) is 0 Å². The van der Waals surface area contributed by atoms with Crippen LogP contribution < -0.4 is 10.2 Å². The lowest BCUT2D eigenvalue weighted by molar-refractivity contribution is -0.870. The van der Waals surface area contributed by atoms with E-state index in [9.17, 15) is 19.4 Å². The highest BCUT2D eigenvalue weighted by Crippen LogP contribution is 2.38. The quantitative estimate of drug-likeness (QED) is 0.0272. The zero-order valence-corrected chi connectivity index (χ0v) is 43.4. The fraction of sp³-hybridized carbons (Fsp3) is 0.907. The lowest BCUT2D eigenvalue weighted by atomic mass is 10.0. The molecule has 0 rings (SSSR count). The van der Waals surface area contributed by atoms with Gasteiger partial charge in [0, 0.05) is 6.42 Å². The Kier molecular flexibility index (Phi) is 45.4. The molecule has 0 aliphatic heterocycles. The molecule has 0 fully saturated rings. The van der Waals surface area contributed by atoms with Gasteiger partial charge in [0.2, 0.25) is 5.91 Å². The number of unbranched alkanes of at least 4 members (excludes halogenated alkanes) is 35. The highest BCUT2D eigenvalue weighted by atomic mass is 31.2. The lowest BCUT2D eigenvalue weighted by Gasteiger charge is -2.29. The Morgan fingerprint density at radius 3 is 1.29 bits per heavy atom. The number of nitrogens with one attached hydrogen (secondary N) is 1. The Morgan fingerprint density at radius 1 is 0.540 bits per heavy atom. The Balaban J connectivity index is 4.18. The van der Waals surface area contributed by atoms with E-state index in [0.717, 1.165) is 38.5 Å². The molecule has 3 unspecified atom stereocenters. The van der Waals surface area contributed by atoms with E-state index < -0.39 is 20.0 Å². The molecule has 0 bridgehead atoms. The van der Waals surface area contributed by atoms with Crippen LogP contribution in [0.1, 0.15) is 264 Å². The Labute approximate surface area is 392 Å². The van der Waals surface area contributed by atoms with Crippen molar-refractivity contribution < 1.29 is 32.9 Å². The second-order valence-corrected chi connectivity index (χ2v) is 21.3. The summed E-state index contributed by atoms with van der Waals surface area (Å²) in [6.45, 7) is 4.65. The Morgan fingerprint density at radius 2 is 0.889 bits per heavy atom. The van der Waals surface area contributed by atoms with E-state index in [2.05, 4.69) is 31.3 Å². The minimum atomic E-state index is -4.60. The second-order valence-electron chi connectivity index (χ2n) is 19.9. The Hall–Kier alpha value is -1.02. The summed E-state index contributed by atoms with van der Waals surface area (Å²) in [5.41, 5.74) is 0. The first-order valence-electron chi connectivity index (χ1n) is 27.2. The molecule has 0 aromatic carbocycles. The van der Waals surface area contributed by atoms with Gasteiger partial charge in [0.25, 0.3) is 7.82 Å². The first kappa shape index (κ1) is 62.0. The molecule has 63 heavy (non-hydrogen) atoms. The summed E-state index contributed by atoms with van der Waals surface area (Å²) >= 11 is 0. The number of carbonyl (C=O) groups excluding carboxylic acids is 1. The molecule has 0 aliphatic rings. The highest BCUT2D eigenvalue weighted by molar-refractivity contribution is 7.45. The predicted octanol–water partition coefficient (Wildman–Crippen LogP) is 15.4. The molecule has 374 valence electrons. The van der Waals surface area contributed by atoms with Gasteiger partial charge in [-0.05, 0) is 32.1 Å². The molecular formula is C54H107N2O6P. The molecule has 0 heterocycles. The largest absolute Gasteiger partial charge is 0.756 e. The third-order valence-electron chi connectivity index (χ3n) is 12.4. The number of hydrogen-bond donors (Lipinski definition) is 2. The summed E-state index contributed by atoms with van der Waals surface area (Å²) in [6, 6.07) is -0.899. The number of carbonyl (C=O) groups is 1. The number of allylic oxidation sites excluding steroid dienone is 3. The van der Waals surface area contributed by atoms with Crippen LogP contribution in [0.5, 0.6) is 0 Å². The van der Waals surface area contributed by atoms with Crippen molar-refractivity contribution in [1.82, 2.24) is 5.32 Å². The first-order chi connectivity index (χ1) is 30.5. The number of hydrogen-bond acceptors (Lipinski definition) is 6. The zero-order valence-electron chi connectivity index (χ0n) is 42.5. The molecule has 0 aromatic rings. The minimum absolute atomic E-state index is 0.00401. The normalized spacial score (nSPS) is 14.2. The van der Waals surface area contributed by atoms with Crippen LogP contribution in [0.25, 0.3) is 0 Å². The van der Waals surface area contributed by atoms with Crippen LogP contribution in [0, 0.1) is 0 Å². The molecule has 2 N–H and O–H groups in total. The van der Waals surface area contributed by atoms with Crippen LogP contribution in [0.15, 0.2) is 24.3 Å². The summed E-state index contributed by atoms with van der Waals surface area (Å²) in [5.74, 6) is -0.204. The van der Waals surface area contributed by atoms with Crippen molar-refractivity contribution in [3.63, 3.8) is 0 Å². The van der Waals surface area contributed by atoms with Crippen molar-refractivity contribution >= 4 is 13.7 Å². The van der Waals surface area contributed by atoms with Crippen molar-refractivity contribution in [1.29, 1.82) is 0 Å². The predicted molar refractivity (Wildman–Crippen MR) is 270 cm³/mol. The smallest absolute Gasteiger partial charge is 0.268 e. The van der Waals surface area contributed by atoms with Crippen LogP contribution in [0.2, 0.25) is 0 Å². The molecule has 1 amide bonds. The van der Waals surface area contributed by atoms with Crippen LogP contribution in [-0.2, 0) is 18.4 Å². The molecule has 0 saturated heterocycles. The van der Waals surface area contributed by atoms with Crippen LogP contribution in [-0.4, -0.2) is 68.5 Å². The number of amides is 1. The highest BCUT2D eigenvalue weighted by Gasteiger charge is 2.23. The topological polar surface area (TPSA) is 108 Å². The van der Waals surface area contributed by atoms with Gasteiger partial charge < -0.3 is 28.8 Å². The number of phosphoric acid groups is 1. The van der Waals surface area contributed by atoms with E-state index in [0.29, 0.717) is 17.4 Å². The third-order valence-corrected chi connectivity index (χ3v) is 13.4. The lowest BCUT2D eigenvalue weighted by Crippen LogP contribution is -2.45. The van der Waals surface area contributed by atoms with E-state index in [1.807, 2.05) is 27.2 Å². The number of phosphoric ester groups is 1. The van der Waals surface area contributed by atoms with Gasteiger partial charge in [-0.15, -0.1) is 0 Å². The average molecular weight is 911 g/mol. The second kappa shape index (κ2) is 46.1. The number of nitrogens with zero attached hydrogens (tertiary/aromatic N) is 1. The fourth-order valence-electron chi connectivity index (χ4n) is 8.11. The number of likely N-dealkylation sites (N-methyl/N-ethyl adjacent to an activating group) is 1.